The highest BCUT2D eigenvalue weighted by atomic mass is 31.2. The Balaban J connectivity index is 3.72. The molecule has 514 valence electrons. The number of rotatable bonds is 76. The minimum atomic E-state index is -4.39. The lowest BCUT2D eigenvalue weighted by molar-refractivity contribution is -0.161. The van der Waals surface area contributed by atoms with Crippen molar-refractivity contribution >= 4 is 19.8 Å². The average molecular weight is 1240 g/mol. The molecule has 3 N–H and O–H groups in total. The van der Waals surface area contributed by atoms with Gasteiger partial charge in [-0.15, -0.1) is 0 Å². The van der Waals surface area contributed by atoms with Gasteiger partial charge in [0.1, 0.15) is 6.61 Å². The molecule has 0 spiro atoms. The van der Waals surface area contributed by atoms with Gasteiger partial charge in [-0.3, -0.25) is 18.6 Å². The summed E-state index contributed by atoms with van der Waals surface area (Å²) in [5, 5.41) is 0. The number of ether oxygens (including phenoxy) is 2. The predicted octanol–water partition coefficient (Wildman–Crippen LogP) is 25.7. The second-order valence-corrected chi connectivity index (χ2v) is 28.4. The van der Waals surface area contributed by atoms with Gasteiger partial charge in [-0.1, -0.05) is 418 Å². The molecule has 0 amide bonds. The van der Waals surface area contributed by atoms with Crippen molar-refractivity contribution in [2.24, 2.45) is 5.73 Å². The third-order valence-electron chi connectivity index (χ3n) is 18.2. The molecule has 9 nitrogen and oxygen atoms in total. The molecule has 0 aliphatic rings. The molecule has 0 fully saturated rings. The molecule has 0 rings (SSSR count). The van der Waals surface area contributed by atoms with Crippen molar-refractivity contribution in [3.63, 3.8) is 0 Å². The number of phosphoric ester groups is 1. The summed E-state index contributed by atoms with van der Waals surface area (Å²) in [7, 11) is -4.39. The van der Waals surface area contributed by atoms with Crippen molar-refractivity contribution < 1.29 is 37.6 Å². The molecule has 2 unspecified atom stereocenters. The van der Waals surface area contributed by atoms with E-state index in [2.05, 4.69) is 13.8 Å². The number of unbranched alkanes of at least 4 members (excludes halogenated alkanes) is 63. The standard InChI is InChI=1S/C76H152NO8P/c1-3-5-7-9-11-13-15-17-19-21-23-25-27-29-31-32-33-34-35-36-37-38-39-40-41-43-45-47-49-51-53-55-57-59-61-63-65-67-69-76(79)85-74(73-84-86(80,81)83-71-70-77)72-82-75(78)68-66-64-62-60-58-56-54-52-50-48-46-44-42-30-28-26-24-22-20-18-16-14-12-10-8-6-4-2/h74H,3-73,77H2,1-2H3,(H,80,81). The predicted molar refractivity (Wildman–Crippen MR) is 372 cm³/mol. The van der Waals surface area contributed by atoms with Crippen molar-refractivity contribution in [1.29, 1.82) is 0 Å². The summed E-state index contributed by atoms with van der Waals surface area (Å²) in [6, 6.07) is 0. The lowest BCUT2D eigenvalue weighted by Gasteiger charge is -2.19. The van der Waals surface area contributed by atoms with E-state index in [-0.39, 0.29) is 32.1 Å². The molecule has 0 aromatic rings. The Kier molecular flexibility index (Phi) is 72.2. The van der Waals surface area contributed by atoms with Gasteiger partial charge in [-0.2, -0.15) is 0 Å². The molecule has 10 heteroatoms. The van der Waals surface area contributed by atoms with Crippen molar-refractivity contribution in [2.45, 2.75) is 450 Å². The average Bonchev–Trinajstić information content (AvgIpc) is 3.59. The second-order valence-electron chi connectivity index (χ2n) is 27.0. The maximum atomic E-state index is 12.8. The van der Waals surface area contributed by atoms with Crippen molar-refractivity contribution in [3.05, 3.63) is 0 Å². The fourth-order valence-corrected chi connectivity index (χ4v) is 13.2. The normalized spacial score (nSPS) is 12.7. The second kappa shape index (κ2) is 73.1. The molecule has 0 bridgehead atoms. The molecule has 0 aliphatic heterocycles. The number of carbonyl (C=O) groups is 2. The van der Waals surface area contributed by atoms with Crippen LogP contribution in [-0.4, -0.2) is 49.3 Å². The van der Waals surface area contributed by atoms with E-state index in [1.807, 2.05) is 0 Å². The van der Waals surface area contributed by atoms with E-state index < -0.39 is 26.5 Å². The molecule has 0 saturated carbocycles. The summed E-state index contributed by atoms with van der Waals surface area (Å²) < 4.78 is 33.3. The first-order chi connectivity index (χ1) is 42.3. The van der Waals surface area contributed by atoms with Crippen LogP contribution in [-0.2, 0) is 32.7 Å². The van der Waals surface area contributed by atoms with Crippen LogP contribution in [0.2, 0.25) is 0 Å². The molecule has 0 heterocycles. The van der Waals surface area contributed by atoms with Crippen LogP contribution in [0.3, 0.4) is 0 Å². The summed E-state index contributed by atoms with van der Waals surface area (Å²) >= 11 is 0. The van der Waals surface area contributed by atoms with E-state index in [1.165, 1.54) is 379 Å². The lowest BCUT2D eigenvalue weighted by atomic mass is 10.0. The van der Waals surface area contributed by atoms with Gasteiger partial charge in [-0.25, -0.2) is 4.57 Å². The summed E-state index contributed by atoms with van der Waals surface area (Å²) in [6.07, 6.45) is 88.2. The van der Waals surface area contributed by atoms with Gasteiger partial charge < -0.3 is 20.1 Å². The van der Waals surface area contributed by atoms with Gasteiger partial charge >= 0.3 is 19.8 Å². The maximum absolute atomic E-state index is 12.8. The molecule has 0 aromatic heterocycles. The summed E-state index contributed by atoms with van der Waals surface area (Å²) in [6.45, 7) is 3.86. The number of carbonyl (C=O) groups excluding carboxylic acids is 2. The highest BCUT2D eigenvalue weighted by Crippen LogP contribution is 2.43. The Morgan fingerprint density at radius 2 is 0.500 bits per heavy atom. The number of esters is 2. The van der Waals surface area contributed by atoms with E-state index in [1.54, 1.807) is 0 Å². The topological polar surface area (TPSA) is 134 Å². The Hall–Kier alpha value is -0.990. The molecule has 0 aromatic carbocycles. The van der Waals surface area contributed by atoms with E-state index >= 15 is 0 Å². The van der Waals surface area contributed by atoms with Crippen LogP contribution in [0.1, 0.15) is 444 Å². The van der Waals surface area contributed by atoms with Crippen LogP contribution >= 0.6 is 7.82 Å². The highest BCUT2D eigenvalue weighted by Gasteiger charge is 2.26. The SMILES string of the molecule is CCCCCCCCCCCCCCCCCCCCCCCCCCCCCCCCCCCCCCCCC(=O)OC(COC(=O)CCCCCCCCCCCCCCCCCCCCCCCCCCCCC)COP(=O)(O)OCCN. The number of hydrogen-bond donors (Lipinski definition) is 2. The molecule has 0 aliphatic carbocycles. The number of phosphoric acid groups is 1. The zero-order valence-electron chi connectivity index (χ0n) is 58.1. The van der Waals surface area contributed by atoms with Gasteiger partial charge in [0, 0.05) is 19.4 Å². The van der Waals surface area contributed by atoms with E-state index in [0.29, 0.717) is 12.8 Å². The Morgan fingerprint density at radius 3 is 0.709 bits per heavy atom. The van der Waals surface area contributed by atoms with Crippen LogP contribution in [0.5, 0.6) is 0 Å². The zero-order valence-corrected chi connectivity index (χ0v) is 59.0. The van der Waals surface area contributed by atoms with Crippen LogP contribution in [0.25, 0.3) is 0 Å². The summed E-state index contributed by atoms with van der Waals surface area (Å²) in [5.41, 5.74) is 5.41. The molecule has 86 heavy (non-hydrogen) atoms. The maximum Gasteiger partial charge on any atom is 0.472 e. The smallest absolute Gasteiger partial charge is 0.462 e. The molecular formula is C76H152NO8P. The van der Waals surface area contributed by atoms with Gasteiger partial charge in [0.2, 0.25) is 0 Å². The van der Waals surface area contributed by atoms with E-state index in [0.717, 1.165) is 32.1 Å². The molecular weight excluding hydrogens is 1090 g/mol. The van der Waals surface area contributed by atoms with Crippen LogP contribution in [0.15, 0.2) is 0 Å². The Labute approximate surface area is 537 Å². The minimum absolute atomic E-state index is 0.0589. The van der Waals surface area contributed by atoms with Crippen molar-refractivity contribution in [1.82, 2.24) is 0 Å². The molecule has 0 saturated heterocycles. The van der Waals surface area contributed by atoms with Gasteiger partial charge in [-0.05, 0) is 12.8 Å². The third kappa shape index (κ3) is 72.1. The van der Waals surface area contributed by atoms with E-state index in [4.69, 9.17) is 24.3 Å². The quantitative estimate of drug-likeness (QED) is 0.0347. The highest BCUT2D eigenvalue weighted by molar-refractivity contribution is 7.47. The van der Waals surface area contributed by atoms with Crippen LogP contribution in [0, 0.1) is 0 Å². The fraction of sp³-hybridized carbons (Fsp3) is 0.974. The first-order valence-corrected chi connectivity index (χ1v) is 40.5. The summed E-state index contributed by atoms with van der Waals surface area (Å²) in [4.78, 5) is 35.4. The molecule has 2 atom stereocenters. The van der Waals surface area contributed by atoms with Gasteiger partial charge in [0.05, 0.1) is 13.2 Å². The van der Waals surface area contributed by atoms with Gasteiger partial charge in [0.15, 0.2) is 6.10 Å². The fourth-order valence-electron chi connectivity index (χ4n) is 12.5. The van der Waals surface area contributed by atoms with Crippen LogP contribution in [0.4, 0.5) is 0 Å². The Bertz CT molecular complexity index is 1370. The van der Waals surface area contributed by atoms with Crippen LogP contribution < -0.4 is 5.73 Å². The monoisotopic (exact) mass is 1240 g/mol. The molecule has 0 radical (unpaired) electrons. The van der Waals surface area contributed by atoms with Crippen molar-refractivity contribution in [3.8, 4) is 0 Å². The summed E-state index contributed by atoms with van der Waals surface area (Å²) in [5.74, 6) is -0.795. The largest absolute Gasteiger partial charge is 0.472 e. The minimum Gasteiger partial charge on any atom is -0.462 e. The first kappa shape index (κ1) is 85.0. The first-order valence-electron chi connectivity index (χ1n) is 39.0. The van der Waals surface area contributed by atoms with E-state index in [9.17, 15) is 19.0 Å². The van der Waals surface area contributed by atoms with Crippen molar-refractivity contribution in [2.75, 3.05) is 26.4 Å². The number of hydrogen-bond acceptors (Lipinski definition) is 8. The lowest BCUT2D eigenvalue weighted by Crippen LogP contribution is -2.29. The Morgan fingerprint density at radius 1 is 0.302 bits per heavy atom. The number of nitrogens with two attached hydrogens (primary N) is 1. The zero-order chi connectivity index (χ0) is 62.3. The third-order valence-corrected chi connectivity index (χ3v) is 19.2. The van der Waals surface area contributed by atoms with Gasteiger partial charge in [0.25, 0.3) is 0 Å².